The molecule has 3 rings (SSSR count). The molecule has 3 amide bonds. The number of carboxylic acid groups (broad SMARTS) is 1. The summed E-state index contributed by atoms with van der Waals surface area (Å²) in [4.78, 5) is 60.3. The summed E-state index contributed by atoms with van der Waals surface area (Å²) in [6, 6.07) is -2.20. The molecule has 0 aromatic rings. The third-order valence-electron chi connectivity index (χ3n) is 9.23. The smallest absolute Gasteiger partial charge is 0.326 e. The van der Waals surface area contributed by atoms with Crippen molar-refractivity contribution in [1.29, 1.82) is 0 Å². The quantitative estimate of drug-likeness (QED) is 0.443. The lowest BCUT2D eigenvalue weighted by Gasteiger charge is -2.44. The van der Waals surface area contributed by atoms with Gasteiger partial charge in [0.15, 0.2) is 0 Å². The van der Waals surface area contributed by atoms with Crippen LogP contribution in [0.2, 0.25) is 0 Å². The van der Waals surface area contributed by atoms with E-state index in [1.807, 2.05) is 34.9 Å². The van der Waals surface area contributed by atoms with Gasteiger partial charge in [0.2, 0.25) is 17.7 Å². The van der Waals surface area contributed by atoms with Crippen LogP contribution in [0, 0.1) is 11.3 Å². The zero-order valence-electron chi connectivity index (χ0n) is 25.8. The molecule has 0 saturated carbocycles. The summed E-state index contributed by atoms with van der Waals surface area (Å²) in [5, 5.41) is 12.8. The van der Waals surface area contributed by atoms with Crippen LogP contribution in [0.25, 0.3) is 0 Å². The molecule has 10 heteroatoms. The summed E-state index contributed by atoms with van der Waals surface area (Å²) in [7, 11) is 3.78. The van der Waals surface area contributed by atoms with Crippen LogP contribution < -0.4 is 5.32 Å². The molecule has 0 aromatic carbocycles. The van der Waals surface area contributed by atoms with Crippen LogP contribution in [0.4, 0.5) is 0 Å². The highest BCUT2D eigenvalue weighted by Crippen LogP contribution is 2.28. The molecule has 0 spiro atoms. The number of nitrogens with one attached hydrogen (secondary N) is 1. The van der Waals surface area contributed by atoms with Gasteiger partial charge >= 0.3 is 5.97 Å². The van der Waals surface area contributed by atoms with Gasteiger partial charge in [-0.05, 0) is 70.0 Å². The van der Waals surface area contributed by atoms with Gasteiger partial charge in [0.05, 0.1) is 12.1 Å². The van der Waals surface area contributed by atoms with Crippen molar-refractivity contribution in [3.8, 4) is 0 Å². The number of aliphatic carboxylic acids is 1. The Balaban J connectivity index is 1.77. The fraction of sp³-hybridized carbons (Fsp3) is 0.867. The minimum Gasteiger partial charge on any atom is -0.480 e. The lowest BCUT2D eigenvalue weighted by Crippen LogP contribution is -2.62. The van der Waals surface area contributed by atoms with E-state index in [2.05, 4.69) is 29.0 Å². The number of hydrogen-bond donors (Lipinski definition) is 2. The number of piperidine rings is 2. The first kappa shape index (κ1) is 32.3. The highest BCUT2D eigenvalue weighted by atomic mass is 16.4. The fourth-order valence-corrected chi connectivity index (χ4v) is 6.65. The second kappa shape index (κ2) is 13.6. The number of carboxylic acids is 1. The van der Waals surface area contributed by atoms with Gasteiger partial charge in [-0.25, -0.2) is 4.79 Å². The third-order valence-corrected chi connectivity index (χ3v) is 9.23. The van der Waals surface area contributed by atoms with E-state index in [0.717, 1.165) is 45.2 Å². The van der Waals surface area contributed by atoms with Crippen molar-refractivity contribution in [2.45, 2.75) is 116 Å². The zero-order chi connectivity index (χ0) is 29.8. The summed E-state index contributed by atoms with van der Waals surface area (Å²) in [5.41, 5.74) is -0.485. The van der Waals surface area contributed by atoms with Gasteiger partial charge < -0.3 is 20.2 Å². The predicted octanol–water partition coefficient (Wildman–Crippen LogP) is 2.41. The summed E-state index contributed by atoms with van der Waals surface area (Å²) < 4.78 is 0. The number of nitrogens with zero attached hydrogens (tertiary/aromatic N) is 4. The fourth-order valence-electron chi connectivity index (χ4n) is 6.65. The predicted molar refractivity (Wildman–Crippen MR) is 155 cm³/mol. The molecule has 5 atom stereocenters. The Hall–Kier alpha value is -2.20. The Kier molecular flexibility index (Phi) is 11.0. The average molecular weight is 564 g/mol. The number of rotatable bonds is 9. The Morgan fingerprint density at radius 1 is 0.900 bits per heavy atom. The molecule has 0 aliphatic carbocycles. The first-order valence-electron chi connectivity index (χ1n) is 15.3. The Morgan fingerprint density at radius 3 is 2.08 bits per heavy atom. The molecule has 40 heavy (non-hydrogen) atoms. The molecular weight excluding hydrogens is 510 g/mol. The van der Waals surface area contributed by atoms with Crippen LogP contribution in [-0.2, 0) is 19.2 Å². The van der Waals surface area contributed by atoms with Crippen molar-refractivity contribution in [3.05, 3.63) is 0 Å². The summed E-state index contributed by atoms with van der Waals surface area (Å²) in [6.07, 6.45) is 6.66. The van der Waals surface area contributed by atoms with E-state index >= 15 is 0 Å². The molecule has 2 N–H and O–H groups in total. The van der Waals surface area contributed by atoms with Gasteiger partial charge in [0.1, 0.15) is 12.1 Å². The highest BCUT2D eigenvalue weighted by molar-refractivity contribution is 5.90. The second-order valence-electron chi connectivity index (χ2n) is 13.6. The van der Waals surface area contributed by atoms with Gasteiger partial charge in [-0.2, -0.15) is 0 Å². The lowest BCUT2D eigenvalue weighted by molar-refractivity contribution is -0.151. The summed E-state index contributed by atoms with van der Waals surface area (Å²) in [6.45, 7) is 12.7. The van der Waals surface area contributed by atoms with Crippen molar-refractivity contribution >= 4 is 23.7 Å². The Labute approximate surface area is 240 Å². The van der Waals surface area contributed by atoms with E-state index in [9.17, 15) is 24.3 Å². The maximum Gasteiger partial charge on any atom is 0.326 e. The van der Waals surface area contributed by atoms with E-state index in [-0.39, 0.29) is 41.8 Å². The molecule has 10 nitrogen and oxygen atoms in total. The molecule has 228 valence electrons. The molecular formula is C30H53N5O5. The number of carbonyl (C=O) groups is 4. The third kappa shape index (κ3) is 7.55. The van der Waals surface area contributed by atoms with Crippen LogP contribution in [0.15, 0.2) is 0 Å². The monoisotopic (exact) mass is 563 g/mol. The minimum atomic E-state index is -0.937. The second-order valence-corrected chi connectivity index (χ2v) is 13.6. The van der Waals surface area contributed by atoms with Gasteiger partial charge in [-0.15, -0.1) is 0 Å². The Bertz CT molecular complexity index is 919. The van der Waals surface area contributed by atoms with Crippen molar-refractivity contribution in [1.82, 2.24) is 24.9 Å². The van der Waals surface area contributed by atoms with Crippen molar-refractivity contribution < 1.29 is 24.3 Å². The number of carbonyl (C=O) groups excluding carboxylic acids is 3. The number of hydrogen-bond acceptors (Lipinski definition) is 6. The summed E-state index contributed by atoms with van der Waals surface area (Å²) in [5.74, 6) is -1.13. The van der Waals surface area contributed by atoms with E-state index < -0.39 is 23.5 Å². The van der Waals surface area contributed by atoms with Crippen LogP contribution in [0.1, 0.15) is 86.0 Å². The maximum absolute atomic E-state index is 14.1. The molecule has 3 heterocycles. The van der Waals surface area contributed by atoms with Gasteiger partial charge in [0.25, 0.3) is 0 Å². The first-order chi connectivity index (χ1) is 18.7. The molecule has 0 aromatic heterocycles. The number of likely N-dealkylation sites (N-methyl/N-ethyl adjacent to an activating group) is 2. The molecule has 0 bridgehead atoms. The SMILES string of the molecule is CC(C)[C@@H](CN1CCCC[C@H]1C(=O)N1CCC[C@H]1C(=O)O)N(C)C(=O)[C@@H](NC(=O)C1CCCCN1C)C(C)(C)C. The van der Waals surface area contributed by atoms with E-state index in [0.29, 0.717) is 32.4 Å². The molecule has 3 aliphatic rings. The Morgan fingerprint density at radius 2 is 1.50 bits per heavy atom. The maximum atomic E-state index is 14.1. The topological polar surface area (TPSA) is 113 Å². The molecule has 1 unspecified atom stereocenters. The highest BCUT2D eigenvalue weighted by Gasteiger charge is 2.43. The van der Waals surface area contributed by atoms with Gasteiger partial charge in [-0.1, -0.05) is 47.5 Å². The van der Waals surface area contributed by atoms with Gasteiger partial charge in [-0.3, -0.25) is 24.2 Å². The van der Waals surface area contributed by atoms with E-state index in [1.165, 1.54) is 0 Å². The van der Waals surface area contributed by atoms with Crippen LogP contribution in [-0.4, -0.2) is 119 Å². The molecule has 3 fully saturated rings. The molecule has 3 aliphatic heterocycles. The minimum absolute atomic E-state index is 0.0924. The van der Waals surface area contributed by atoms with Crippen molar-refractivity contribution in [3.63, 3.8) is 0 Å². The zero-order valence-corrected chi connectivity index (χ0v) is 25.8. The van der Waals surface area contributed by atoms with E-state index in [4.69, 9.17) is 0 Å². The van der Waals surface area contributed by atoms with E-state index in [1.54, 1.807) is 9.80 Å². The van der Waals surface area contributed by atoms with Crippen LogP contribution in [0.5, 0.6) is 0 Å². The largest absolute Gasteiger partial charge is 0.480 e. The van der Waals surface area contributed by atoms with Crippen LogP contribution in [0.3, 0.4) is 0 Å². The summed E-state index contributed by atoms with van der Waals surface area (Å²) >= 11 is 0. The molecule has 0 radical (unpaired) electrons. The number of amides is 3. The van der Waals surface area contributed by atoms with Crippen LogP contribution >= 0.6 is 0 Å². The lowest BCUT2D eigenvalue weighted by atomic mass is 9.84. The van der Waals surface area contributed by atoms with Crippen molar-refractivity contribution in [2.75, 3.05) is 40.3 Å². The van der Waals surface area contributed by atoms with Crippen molar-refractivity contribution in [2.24, 2.45) is 11.3 Å². The standard InChI is InChI=1S/C30H53N5O5/c1-20(2)24(19-34-17-11-9-14-22(34)27(37)35-18-12-15-23(35)29(39)40)33(7)28(38)25(30(3,4)5)31-26(36)21-13-8-10-16-32(21)6/h20-25H,8-19H2,1-7H3,(H,31,36)(H,39,40)/t21?,22-,23-,24+,25+/m0/s1. The van der Waals surface area contributed by atoms with Gasteiger partial charge in [0, 0.05) is 26.2 Å². The molecule has 3 saturated heterocycles. The average Bonchev–Trinajstić information content (AvgIpc) is 3.39. The first-order valence-corrected chi connectivity index (χ1v) is 15.3. The normalized spacial score (nSPS) is 26.4. The number of likely N-dealkylation sites (tertiary alicyclic amines) is 3.